The summed E-state index contributed by atoms with van der Waals surface area (Å²) in [6.07, 6.45) is 0. The highest BCUT2D eigenvalue weighted by molar-refractivity contribution is 6.12. The van der Waals surface area contributed by atoms with Gasteiger partial charge in [0.05, 0.1) is 5.71 Å². The molecule has 0 aliphatic rings. The molecule has 0 saturated carbocycles. The molecule has 0 amide bonds. The van der Waals surface area contributed by atoms with Gasteiger partial charge in [-0.15, -0.1) is 0 Å². The molecule has 1 heterocycles. The van der Waals surface area contributed by atoms with Gasteiger partial charge >= 0.3 is 0 Å². The van der Waals surface area contributed by atoms with Crippen LogP contribution in [0.2, 0.25) is 0 Å². The van der Waals surface area contributed by atoms with Crippen molar-refractivity contribution in [2.45, 2.75) is 27.7 Å². The Morgan fingerprint density at radius 1 is 0.652 bits per heavy atom. The quantitative estimate of drug-likeness (QED) is 0.604. The molecule has 0 spiro atoms. The van der Waals surface area contributed by atoms with Crippen molar-refractivity contribution in [3.8, 4) is 0 Å². The summed E-state index contributed by atoms with van der Waals surface area (Å²) in [6, 6.07) is 20.7. The SMILES string of the molecule is Cc1c(C)c(C)n(N=C(c2ccccc2)c2ccccc2)c1C. The molecule has 0 fully saturated rings. The van der Waals surface area contributed by atoms with Crippen LogP contribution in [0.4, 0.5) is 0 Å². The highest BCUT2D eigenvalue weighted by Gasteiger charge is 2.13. The molecule has 116 valence electrons. The van der Waals surface area contributed by atoms with E-state index in [1.807, 2.05) is 12.1 Å². The maximum atomic E-state index is 5.01. The van der Waals surface area contributed by atoms with Crippen LogP contribution in [0.5, 0.6) is 0 Å². The number of rotatable bonds is 3. The van der Waals surface area contributed by atoms with E-state index in [0.717, 1.165) is 16.8 Å². The molecular formula is C21H22N2. The molecule has 3 aromatic rings. The Labute approximate surface area is 138 Å². The first-order chi connectivity index (χ1) is 11.1. The molecule has 3 rings (SSSR count). The third kappa shape index (κ3) is 2.85. The largest absolute Gasteiger partial charge is 0.241 e. The molecule has 2 heteroatoms. The second-order valence-electron chi connectivity index (χ2n) is 5.91. The Bertz CT molecular complexity index is 774. The van der Waals surface area contributed by atoms with Crippen molar-refractivity contribution in [1.82, 2.24) is 4.68 Å². The Morgan fingerprint density at radius 2 is 1.04 bits per heavy atom. The summed E-state index contributed by atoms with van der Waals surface area (Å²) in [6.45, 7) is 8.58. The first-order valence-electron chi connectivity index (χ1n) is 7.94. The zero-order valence-corrected chi connectivity index (χ0v) is 14.2. The monoisotopic (exact) mass is 302 g/mol. The van der Waals surface area contributed by atoms with E-state index < -0.39 is 0 Å². The normalized spacial score (nSPS) is 10.6. The third-order valence-electron chi connectivity index (χ3n) is 4.58. The van der Waals surface area contributed by atoms with E-state index in [4.69, 9.17) is 5.10 Å². The molecule has 0 N–H and O–H groups in total. The zero-order valence-electron chi connectivity index (χ0n) is 14.2. The minimum Gasteiger partial charge on any atom is -0.241 e. The summed E-state index contributed by atoms with van der Waals surface area (Å²) in [4.78, 5) is 0. The lowest BCUT2D eigenvalue weighted by Gasteiger charge is -2.10. The lowest BCUT2D eigenvalue weighted by atomic mass is 10.0. The third-order valence-corrected chi connectivity index (χ3v) is 4.58. The summed E-state index contributed by atoms with van der Waals surface area (Å²) in [5, 5.41) is 5.01. The van der Waals surface area contributed by atoms with Crippen LogP contribution in [0.15, 0.2) is 65.8 Å². The van der Waals surface area contributed by atoms with Gasteiger partial charge in [0, 0.05) is 22.5 Å². The van der Waals surface area contributed by atoms with E-state index in [9.17, 15) is 0 Å². The second-order valence-corrected chi connectivity index (χ2v) is 5.91. The Kier molecular flexibility index (Phi) is 4.16. The van der Waals surface area contributed by atoms with Crippen molar-refractivity contribution in [2.75, 3.05) is 0 Å². The molecule has 0 bridgehead atoms. The summed E-state index contributed by atoms with van der Waals surface area (Å²) in [5.74, 6) is 0. The Morgan fingerprint density at radius 3 is 1.43 bits per heavy atom. The summed E-state index contributed by atoms with van der Waals surface area (Å²) in [5.41, 5.74) is 8.27. The summed E-state index contributed by atoms with van der Waals surface area (Å²) in [7, 11) is 0. The standard InChI is InChI=1S/C21H22N2/c1-15-16(2)18(4)23(17(15)3)22-21(19-11-7-5-8-12-19)20-13-9-6-10-14-20/h5-14H,1-4H3. The van der Waals surface area contributed by atoms with Crippen LogP contribution >= 0.6 is 0 Å². The molecule has 0 unspecified atom stereocenters. The molecule has 2 nitrogen and oxygen atoms in total. The number of benzene rings is 2. The van der Waals surface area contributed by atoms with Gasteiger partial charge < -0.3 is 0 Å². The van der Waals surface area contributed by atoms with Crippen LogP contribution in [0.3, 0.4) is 0 Å². The molecular weight excluding hydrogens is 280 g/mol. The summed E-state index contributed by atoms with van der Waals surface area (Å²) < 4.78 is 2.07. The number of nitrogens with zero attached hydrogens (tertiary/aromatic N) is 2. The predicted molar refractivity (Wildman–Crippen MR) is 97.3 cm³/mol. The fourth-order valence-electron chi connectivity index (χ4n) is 2.84. The van der Waals surface area contributed by atoms with Gasteiger partial charge in [-0.2, -0.15) is 5.10 Å². The molecule has 0 saturated heterocycles. The van der Waals surface area contributed by atoms with Crippen LogP contribution in [-0.2, 0) is 0 Å². The lowest BCUT2D eigenvalue weighted by molar-refractivity contribution is 0.808. The smallest absolute Gasteiger partial charge is 0.0984 e. The van der Waals surface area contributed by atoms with E-state index in [2.05, 4.69) is 80.9 Å². The molecule has 1 aromatic heterocycles. The highest BCUT2D eigenvalue weighted by Crippen LogP contribution is 2.21. The van der Waals surface area contributed by atoms with Crippen LogP contribution in [0.1, 0.15) is 33.6 Å². The fraction of sp³-hybridized carbons (Fsp3) is 0.190. The average molecular weight is 302 g/mol. The van der Waals surface area contributed by atoms with E-state index in [1.165, 1.54) is 22.5 Å². The molecule has 2 aromatic carbocycles. The van der Waals surface area contributed by atoms with E-state index in [0.29, 0.717) is 0 Å². The van der Waals surface area contributed by atoms with Crippen molar-refractivity contribution in [3.63, 3.8) is 0 Å². The average Bonchev–Trinajstić information content (AvgIpc) is 2.78. The van der Waals surface area contributed by atoms with Crippen molar-refractivity contribution in [2.24, 2.45) is 5.10 Å². The Balaban J connectivity index is 2.23. The van der Waals surface area contributed by atoms with Gasteiger partial charge in [0.15, 0.2) is 0 Å². The lowest BCUT2D eigenvalue weighted by Crippen LogP contribution is -2.08. The molecule has 0 aliphatic heterocycles. The van der Waals surface area contributed by atoms with Crippen LogP contribution in [0.25, 0.3) is 0 Å². The van der Waals surface area contributed by atoms with Gasteiger partial charge in [0.2, 0.25) is 0 Å². The van der Waals surface area contributed by atoms with E-state index >= 15 is 0 Å². The van der Waals surface area contributed by atoms with E-state index in [-0.39, 0.29) is 0 Å². The predicted octanol–water partition coefficient (Wildman–Crippen LogP) is 5.02. The first kappa shape index (κ1) is 15.3. The number of hydrogen-bond donors (Lipinski definition) is 0. The fourth-order valence-corrected chi connectivity index (χ4v) is 2.84. The van der Waals surface area contributed by atoms with Gasteiger partial charge in [0.25, 0.3) is 0 Å². The molecule has 0 aliphatic carbocycles. The van der Waals surface area contributed by atoms with Crippen molar-refractivity contribution in [1.29, 1.82) is 0 Å². The van der Waals surface area contributed by atoms with Crippen molar-refractivity contribution < 1.29 is 0 Å². The van der Waals surface area contributed by atoms with Crippen LogP contribution in [-0.4, -0.2) is 10.4 Å². The summed E-state index contributed by atoms with van der Waals surface area (Å²) >= 11 is 0. The van der Waals surface area contributed by atoms with Gasteiger partial charge in [-0.1, -0.05) is 60.7 Å². The number of aromatic nitrogens is 1. The zero-order chi connectivity index (χ0) is 16.4. The highest BCUT2D eigenvalue weighted by atomic mass is 15.4. The Hall–Kier alpha value is -2.61. The topological polar surface area (TPSA) is 17.3 Å². The van der Waals surface area contributed by atoms with Gasteiger partial charge in [-0.05, 0) is 38.8 Å². The van der Waals surface area contributed by atoms with E-state index in [1.54, 1.807) is 0 Å². The maximum absolute atomic E-state index is 5.01. The minimum absolute atomic E-state index is 0.993. The van der Waals surface area contributed by atoms with Crippen molar-refractivity contribution >= 4 is 5.71 Å². The van der Waals surface area contributed by atoms with Gasteiger partial charge in [-0.25, -0.2) is 4.68 Å². The molecule has 0 atom stereocenters. The molecule has 0 radical (unpaired) electrons. The maximum Gasteiger partial charge on any atom is 0.0984 e. The van der Waals surface area contributed by atoms with Crippen molar-refractivity contribution in [3.05, 3.63) is 94.3 Å². The first-order valence-corrected chi connectivity index (χ1v) is 7.94. The van der Waals surface area contributed by atoms with Gasteiger partial charge in [-0.3, -0.25) is 0 Å². The van der Waals surface area contributed by atoms with Crippen LogP contribution < -0.4 is 0 Å². The minimum atomic E-state index is 0.993. The number of hydrogen-bond acceptors (Lipinski definition) is 1. The second kappa shape index (κ2) is 6.25. The molecule has 23 heavy (non-hydrogen) atoms. The van der Waals surface area contributed by atoms with Gasteiger partial charge in [0.1, 0.15) is 0 Å². The van der Waals surface area contributed by atoms with Crippen LogP contribution in [0, 0.1) is 27.7 Å².